The molecule has 1 heterocycles. The van der Waals surface area contributed by atoms with Gasteiger partial charge in [-0.25, -0.2) is 18.5 Å². The van der Waals surface area contributed by atoms with Crippen LogP contribution in [0.25, 0.3) is 22.6 Å². The molecule has 154 valence electrons. The SMILES string of the molecule is CC(OC(CO)CO)c1nc(-c2ccccc2)c(-c2ccc(S(N)(=O)=O)cc2)o1. The first kappa shape index (κ1) is 21.2. The lowest BCUT2D eigenvalue weighted by molar-refractivity contribution is -0.0659. The van der Waals surface area contributed by atoms with Crippen LogP contribution < -0.4 is 5.14 Å². The maximum absolute atomic E-state index is 11.5. The van der Waals surface area contributed by atoms with E-state index in [2.05, 4.69) is 4.98 Å². The minimum atomic E-state index is -3.81. The maximum Gasteiger partial charge on any atom is 0.238 e. The van der Waals surface area contributed by atoms with Crippen LogP contribution in [-0.4, -0.2) is 42.9 Å². The van der Waals surface area contributed by atoms with Crippen molar-refractivity contribution < 1.29 is 27.8 Å². The van der Waals surface area contributed by atoms with Crippen LogP contribution in [0, 0.1) is 0 Å². The number of benzene rings is 2. The quantitative estimate of drug-likeness (QED) is 0.509. The summed E-state index contributed by atoms with van der Waals surface area (Å²) in [7, 11) is -3.81. The average Bonchev–Trinajstić information content (AvgIpc) is 3.17. The van der Waals surface area contributed by atoms with E-state index in [-0.39, 0.29) is 24.0 Å². The number of aromatic nitrogens is 1. The van der Waals surface area contributed by atoms with Crippen molar-refractivity contribution in [1.29, 1.82) is 0 Å². The molecule has 3 aromatic rings. The van der Waals surface area contributed by atoms with E-state index >= 15 is 0 Å². The van der Waals surface area contributed by atoms with Crippen molar-refractivity contribution in [3.05, 3.63) is 60.5 Å². The predicted octanol–water partition coefficient (Wildman–Crippen LogP) is 2.09. The van der Waals surface area contributed by atoms with Crippen molar-refractivity contribution in [3.8, 4) is 22.6 Å². The number of hydrogen-bond acceptors (Lipinski definition) is 7. The second-order valence-corrected chi connectivity index (χ2v) is 7.99. The molecule has 0 aliphatic rings. The summed E-state index contributed by atoms with van der Waals surface area (Å²) in [5.41, 5.74) is 1.98. The molecule has 1 atom stereocenters. The molecule has 0 spiro atoms. The van der Waals surface area contributed by atoms with Crippen molar-refractivity contribution in [1.82, 2.24) is 4.98 Å². The fourth-order valence-corrected chi connectivity index (χ4v) is 3.30. The third-order valence-corrected chi connectivity index (χ3v) is 5.22. The molecule has 0 saturated heterocycles. The van der Waals surface area contributed by atoms with Crippen LogP contribution in [0.5, 0.6) is 0 Å². The first-order valence-corrected chi connectivity index (χ1v) is 10.4. The lowest BCUT2D eigenvalue weighted by Crippen LogP contribution is -2.23. The predicted molar refractivity (Wildman–Crippen MR) is 106 cm³/mol. The number of nitrogens with zero attached hydrogens (tertiary/aromatic N) is 1. The maximum atomic E-state index is 11.5. The van der Waals surface area contributed by atoms with Gasteiger partial charge in [-0.2, -0.15) is 0 Å². The van der Waals surface area contributed by atoms with E-state index in [1.807, 2.05) is 30.3 Å². The topological polar surface area (TPSA) is 136 Å². The molecule has 4 N–H and O–H groups in total. The fourth-order valence-electron chi connectivity index (χ4n) is 2.78. The van der Waals surface area contributed by atoms with E-state index < -0.39 is 22.2 Å². The van der Waals surface area contributed by atoms with Gasteiger partial charge in [-0.3, -0.25) is 0 Å². The number of aliphatic hydroxyl groups excluding tert-OH is 2. The van der Waals surface area contributed by atoms with Gasteiger partial charge in [0.05, 0.1) is 18.1 Å². The Bertz CT molecular complexity index is 1040. The zero-order chi connectivity index (χ0) is 21.0. The van der Waals surface area contributed by atoms with Crippen molar-refractivity contribution in [2.24, 2.45) is 5.14 Å². The Morgan fingerprint density at radius 3 is 2.21 bits per heavy atom. The molecule has 1 unspecified atom stereocenters. The van der Waals surface area contributed by atoms with Gasteiger partial charge in [0.2, 0.25) is 15.9 Å². The molecule has 0 saturated carbocycles. The molecule has 2 aromatic carbocycles. The minimum absolute atomic E-state index is 0.00677. The third-order valence-electron chi connectivity index (χ3n) is 4.29. The summed E-state index contributed by atoms with van der Waals surface area (Å²) < 4.78 is 34.6. The molecule has 3 rings (SSSR count). The zero-order valence-electron chi connectivity index (χ0n) is 15.7. The number of primary sulfonamides is 1. The normalized spacial score (nSPS) is 13.0. The highest BCUT2D eigenvalue weighted by molar-refractivity contribution is 7.89. The largest absolute Gasteiger partial charge is 0.437 e. The van der Waals surface area contributed by atoms with Crippen molar-refractivity contribution in [2.75, 3.05) is 13.2 Å². The Kier molecular flexibility index (Phi) is 6.46. The third kappa shape index (κ3) is 4.89. The Balaban J connectivity index is 2.04. The van der Waals surface area contributed by atoms with Crippen molar-refractivity contribution >= 4 is 10.0 Å². The molecular formula is C20H22N2O6S. The van der Waals surface area contributed by atoms with Crippen LogP contribution in [-0.2, 0) is 14.8 Å². The number of oxazole rings is 1. The van der Waals surface area contributed by atoms with Gasteiger partial charge in [-0.05, 0) is 31.2 Å². The Labute approximate surface area is 168 Å². The first-order chi connectivity index (χ1) is 13.8. The molecule has 0 fully saturated rings. The Morgan fingerprint density at radius 2 is 1.66 bits per heavy atom. The number of rotatable bonds is 8. The highest BCUT2D eigenvalue weighted by Gasteiger charge is 2.23. The van der Waals surface area contributed by atoms with Crippen molar-refractivity contribution in [3.63, 3.8) is 0 Å². The van der Waals surface area contributed by atoms with Crippen LogP contribution in [0.1, 0.15) is 18.9 Å². The summed E-state index contributed by atoms with van der Waals surface area (Å²) in [6.07, 6.45) is -1.38. The smallest absolute Gasteiger partial charge is 0.238 e. The monoisotopic (exact) mass is 418 g/mol. The van der Waals surface area contributed by atoms with Crippen LogP contribution in [0.3, 0.4) is 0 Å². The van der Waals surface area contributed by atoms with E-state index in [4.69, 9.17) is 14.3 Å². The van der Waals surface area contributed by atoms with Gasteiger partial charge in [-0.1, -0.05) is 30.3 Å². The number of nitrogens with two attached hydrogens (primary N) is 1. The van der Waals surface area contributed by atoms with E-state index in [1.54, 1.807) is 19.1 Å². The molecular weight excluding hydrogens is 396 g/mol. The molecule has 0 aliphatic carbocycles. The van der Waals surface area contributed by atoms with E-state index in [0.717, 1.165) is 5.56 Å². The van der Waals surface area contributed by atoms with Crippen LogP contribution in [0.2, 0.25) is 0 Å². The Morgan fingerprint density at radius 1 is 1.03 bits per heavy atom. The molecule has 0 amide bonds. The fraction of sp³-hybridized carbons (Fsp3) is 0.250. The number of sulfonamides is 1. The molecule has 0 aliphatic heterocycles. The molecule has 29 heavy (non-hydrogen) atoms. The van der Waals surface area contributed by atoms with Gasteiger partial charge in [0.15, 0.2) is 5.76 Å². The van der Waals surface area contributed by atoms with Gasteiger partial charge in [0, 0.05) is 11.1 Å². The lowest BCUT2D eigenvalue weighted by atomic mass is 10.1. The van der Waals surface area contributed by atoms with Gasteiger partial charge in [0.25, 0.3) is 0 Å². The van der Waals surface area contributed by atoms with Crippen LogP contribution in [0.15, 0.2) is 63.9 Å². The van der Waals surface area contributed by atoms with Crippen LogP contribution in [0.4, 0.5) is 0 Å². The lowest BCUT2D eigenvalue weighted by Gasteiger charge is -2.16. The summed E-state index contributed by atoms with van der Waals surface area (Å²) in [4.78, 5) is 4.54. The molecule has 1 aromatic heterocycles. The zero-order valence-corrected chi connectivity index (χ0v) is 16.5. The summed E-state index contributed by atoms with van der Waals surface area (Å²) >= 11 is 0. The van der Waals surface area contributed by atoms with Gasteiger partial charge in [-0.15, -0.1) is 0 Å². The van der Waals surface area contributed by atoms with Crippen LogP contribution >= 0.6 is 0 Å². The molecule has 0 bridgehead atoms. The number of ether oxygens (including phenoxy) is 1. The van der Waals surface area contributed by atoms with Gasteiger partial charge >= 0.3 is 0 Å². The summed E-state index contributed by atoms with van der Waals surface area (Å²) in [5.74, 6) is 0.702. The van der Waals surface area contributed by atoms with E-state index in [9.17, 15) is 18.6 Å². The van der Waals surface area contributed by atoms with Gasteiger partial charge < -0.3 is 19.4 Å². The Hall–Kier alpha value is -2.56. The first-order valence-electron chi connectivity index (χ1n) is 8.90. The second kappa shape index (κ2) is 8.85. The van der Waals surface area contributed by atoms with Gasteiger partial charge in [0.1, 0.15) is 17.9 Å². The second-order valence-electron chi connectivity index (χ2n) is 6.43. The standard InChI is InChI=1S/C20H22N2O6S/c1-13(27-16(11-23)12-24)20-22-18(14-5-3-2-4-6-14)19(28-20)15-7-9-17(10-8-15)29(21,25)26/h2-10,13,16,23-24H,11-12H2,1H3,(H2,21,25,26). The summed E-state index contributed by atoms with van der Waals surface area (Å²) in [6, 6.07) is 15.3. The number of hydrogen-bond donors (Lipinski definition) is 3. The average molecular weight is 418 g/mol. The van der Waals surface area contributed by atoms with E-state index in [1.165, 1.54) is 12.1 Å². The van der Waals surface area contributed by atoms with E-state index in [0.29, 0.717) is 17.0 Å². The summed E-state index contributed by atoms with van der Waals surface area (Å²) in [5, 5.41) is 23.6. The molecule has 8 nitrogen and oxygen atoms in total. The highest BCUT2D eigenvalue weighted by atomic mass is 32.2. The number of aliphatic hydroxyl groups is 2. The van der Waals surface area contributed by atoms with Crippen molar-refractivity contribution in [2.45, 2.75) is 24.0 Å². The summed E-state index contributed by atoms with van der Waals surface area (Å²) in [6.45, 7) is 1.02. The molecule has 9 heteroatoms. The molecule has 0 radical (unpaired) electrons. The minimum Gasteiger partial charge on any atom is -0.437 e. The highest BCUT2D eigenvalue weighted by Crippen LogP contribution is 2.35.